The zero-order chi connectivity index (χ0) is 17.6. The predicted octanol–water partition coefficient (Wildman–Crippen LogP) is 4.64. The molecule has 3 nitrogen and oxygen atoms in total. The molecule has 0 unspecified atom stereocenters. The maximum absolute atomic E-state index is 13.8. The van der Waals surface area contributed by atoms with Gasteiger partial charge in [0.2, 0.25) is 5.91 Å². The van der Waals surface area contributed by atoms with E-state index >= 15 is 0 Å². The smallest absolute Gasteiger partial charge is 0.220 e. The summed E-state index contributed by atoms with van der Waals surface area (Å²) in [5.74, 6) is 0.796. The topological polar surface area (TPSA) is 42.2 Å². The lowest BCUT2D eigenvalue weighted by atomic mass is 10.1. The molecule has 4 heteroatoms. The fraction of sp³-hybridized carbons (Fsp3) is 0.190. The Kier molecular flexibility index (Phi) is 5.29. The Morgan fingerprint density at radius 2 is 1.80 bits per heavy atom. The van der Waals surface area contributed by atoms with Crippen molar-refractivity contribution in [2.24, 2.45) is 0 Å². The van der Waals surface area contributed by atoms with Crippen molar-refractivity contribution in [3.63, 3.8) is 0 Å². The Morgan fingerprint density at radius 1 is 1.04 bits per heavy atom. The Balaban J connectivity index is 1.53. The van der Waals surface area contributed by atoms with Crippen LogP contribution in [0.2, 0.25) is 0 Å². The first-order valence-electron chi connectivity index (χ1n) is 8.28. The van der Waals surface area contributed by atoms with Crippen molar-refractivity contribution in [3.8, 4) is 11.3 Å². The first-order chi connectivity index (χ1) is 12.1. The van der Waals surface area contributed by atoms with Crippen molar-refractivity contribution in [2.75, 3.05) is 0 Å². The van der Waals surface area contributed by atoms with Crippen LogP contribution in [0.25, 0.3) is 11.3 Å². The van der Waals surface area contributed by atoms with Gasteiger partial charge in [-0.15, -0.1) is 0 Å². The molecule has 3 aromatic rings. The van der Waals surface area contributed by atoms with Crippen LogP contribution in [0.15, 0.2) is 65.1 Å². The summed E-state index contributed by atoms with van der Waals surface area (Å²) in [6.45, 7) is 2.54. The molecule has 0 bridgehead atoms. The van der Waals surface area contributed by atoms with Crippen LogP contribution >= 0.6 is 0 Å². The SMILES string of the molecule is Cc1ccccc1CNC(=O)CCc1ccc(-c2ccccc2F)o1. The molecule has 1 N–H and O–H groups in total. The summed E-state index contributed by atoms with van der Waals surface area (Å²) < 4.78 is 19.4. The highest BCUT2D eigenvalue weighted by atomic mass is 19.1. The number of hydrogen-bond acceptors (Lipinski definition) is 2. The van der Waals surface area contributed by atoms with Gasteiger partial charge in [-0.3, -0.25) is 4.79 Å². The molecular formula is C21H20FNO2. The molecular weight excluding hydrogens is 317 g/mol. The highest BCUT2D eigenvalue weighted by Crippen LogP contribution is 2.25. The average Bonchev–Trinajstić information content (AvgIpc) is 3.08. The van der Waals surface area contributed by atoms with E-state index in [2.05, 4.69) is 5.32 Å². The Hall–Kier alpha value is -2.88. The summed E-state index contributed by atoms with van der Waals surface area (Å²) in [6, 6.07) is 18.0. The van der Waals surface area contributed by atoms with Gasteiger partial charge in [0.1, 0.15) is 17.3 Å². The van der Waals surface area contributed by atoms with Gasteiger partial charge in [0.05, 0.1) is 5.56 Å². The second kappa shape index (κ2) is 7.79. The van der Waals surface area contributed by atoms with Crippen LogP contribution in [0.5, 0.6) is 0 Å². The largest absolute Gasteiger partial charge is 0.461 e. The molecule has 0 saturated heterocycles. The van der Waals surface area contributed by atoms with E-state index in [4.69, 9.17) is 4.42 Å². The number of halogens is 1. The molecule has 0 fully saturated rings. The number of hydrogen-bond donors (Lipinski definition) is 1. The Bertz CT molecular complexity index is 870. The summed E-state index contributed by atoms with van der Waals surface area (Å²) in [7, 11) is 0. The van der Waals surface area contributed by atoms with E-state index in [1.807, 2.05) is 31.2 Å². The molecule has 1 aromatic heterocycles. The molecule has 0 atom stereocenters. The minimum absolute atomic E-state index is 0.0351. The summed E-state index contributed by atoms with van der Waals surface area (Å²) in [6.07, 6.45) is 0.810. The van der Waals surface area contributed by atoms with E-state index in [1.54, 1.807) is 30.3 Å². The lowest BCUT2D eigenvalue weighted by Gasteiger charge is -2.07. The molecule has 0 aliphatic heterocycles. The Labute approximate surface area is 146 Å². The highest BCUT2D eigenvalue weighted by Gasteiger charge is 2.10. The van der Waals surface area contributed by atoms with Crippen LogP contribution in [-0.4, -0.2) is 5.91 Å². The van der Waals surface area contributed by atoms with Gasteiger partial charge in [-0.2, -0.15) is 0 Å². The molecule has 0 saturated carbocycles. The summed E-state index contributed by atoms with van der Waals surface area (Å²) in [4.78, 5) is 12.0. The van der Waals surface area contributed by atoms with Crippen molar-refractivity contribution in [2.45, 2.75) is 26.3 Å². The molecule has 0 aliphatic carbocycles. The summed E-state index contributed by atoms with van der Waals surface area (Å²) >= 11 is 0. The van der Waals surface area contributed by atoms with Gasteiger partial charge in [-0.25, -0.2) is 4.39 Å². The van der Waals surface area contributed by atoms with Crippen molar-refractivity contribution in [1.82, 2.24) is 5.32 Å². The number of carbonyl (C=O) groups excluding carboxylic acids is 1. The van der Waals surface area contributed by atoms with E-state index < -0.39 is 0 Å². The van der Waals surface area contributed by atoms with Crippen molar-refractivity contribution < 1.29 is 13.6 Å². The van der Waals surface area contributed by atoms with E-state index in [0.29, 0.717) is 36.5 Å². The van der Waals surface area contributed by atoms with Gasteiger partial charge in [0, 0.05) is 19.4 Å². The van der Waals surface area contributed by atoms with E-state index in [1.165, 1.54) is 6.07 Å². The van der Waals surface area contributed by atoms with Gasteiger partial charge in [-0.1, -0.05) is 36.4 Å². The van der Waals surface area contributed by atoms with Crippen molar-refractivity contribution in [1.29, 1.82) is 0 Å². The third-order valence-corrected chi connectivity index (χ3v) is 4.14. The monoisotopic (exact) mass is 337 g/mol. The number of furan rings is 1. The molecule has 128 valence electrons. The van der Waals surface area contributed by atoms with Gasteiger partial charge in [0.15, 0.2) is 0 Å². The quantitative estimate of drug-likeness (QED) is 0.712. The standard InChI is InChI=1S/C21H20FNO2/c1-15-6-2-3-7-16(15)14-23-21(24)13-11-17-10-12-20(25-17)18-8-4-5-9-19(18)22/h2-10,12H,11,13-14H2,1H3,(H,23,24). The van der Waals surface area contributed by atoms with Gasteiger partial charge >= 0.3 is 0 Å². The first kappa shape index (κ1) is 17.0. The molecule has 1 amide bonds. The summed E-state index contributed by atoms with van der Waals surface area (Å²) in [5, 5.41) is 2.92. The fourth-order valence-electron chi connectivity index (χ4n) is 2.65. The van der Waals surface area contributed by atoms with Crippen molar-refractivity contribution in [3.05, 3.63) is 83.4 Å². The predicted molar refractivity (Wildman–Crippen MR) is 95.4 cm³/mol. The number of carbonyl (C=O) groups is 1. The third-order valence-electron chi connectivity index (χ3n) is 4.14. The van der Waals surface area contributed by atoms with Crippen LogP contribution in [0.4, 0.5) is 4.39 Å². The lowest BCUT2D eigenvalue weighted by Crippen LogP contribution is -2.23. The van der Waals surface area contributed by atoms with Gasteiger partial charge in [0.25, 0.3) is 0 Å². The molecule has 0 aliphatic rings. The number of amides is 1. The number of aryl methyl sites for hydroxylation is 2. The van der Waals surface area contributed by atoms with E-state index in [-0.39, 0.29) is 11.7 Å². The molecule has 25 heavy (non-hydrogen) atoms. The molecule has 0 radical (unpaired) electrons. The van der Waals surface area contributed by atoms with Crippen LogP contribution in [0.3, 0.4) is 0 Å². The van der Waals surface area contributed by atoms with Gasteiger partial charge < -0.3 is 9.73 Å². The highest BCUT2D eigenvalue weighted by molar-refractivity contribution is 5.76. The first-order valence-corrected chi connectivity index (χ1v) is 8.28. The Morgan fingerprint density at radius 3 is 2.60 bits per heavy atom. The van der Waals surface area contributed by atoms with Crippen LogP contribution in [0.1, 0.15) is 23.3 Å². The van der Waals surface area contributed by atoms with Crippen LogP contribution in [0, 0.1) is 12.7 Å². The normalized spacial score (nSPS) is 10.6. The maximum atomic E-state index is 13.8. The molecule has 0 spiro atoms. The zero-order valence-corrected chi connectivity index (χ0v) is 14.1. The van der Waals surface area contributed by atoms with Crippen LogP contribution < -0.4 is 5.32 Å². The number of nitrogens with one attached hydrogen (secondary N) is 1. The fourth-order valence-corrected chi connectivity index (χ4v) is 2.65. The van der Waals surface area contributed by atoms with Crippen LogP contribution in [-0.2, 0) is 17.8 Å². The zero-order valence-electron chi connectivity index (χ0n) is 14.1. The lowest BCUT2D eigenvalue weighted by molar-refractivity contribution is -0.121. The minimum atomic E-state index is -0.320. The number of benzene rings is 2. The second-order valence-corrected chi connectivity index (χ2v) is 5.95. The second-order valence-electron chi connectivity index (χ2n) is 5.95. The van der Waals surface area contributed by atoms with Crippen molar-refractivity contribution >= 4 is 5.91 Å². The van der Waals surface area contributed by atoms with E-state index in [9.17, 15) is 9.18 Å². The molecule has 1 heterocycles. The molecule has 3 rings (SSSR count). The maximum Gasteiger partial charge on any atom is 0.220 e. The molecule has 2 aromatic carbocycles. The van der Waals surface area contributed by atoms with E-state index in [0.717, 1.165) is 11.1 Å². The van der Waals surface area contributed by atoms with Gasteiger partial charge in [-0.05, 0) is 42.3 Å². The third kappa shape index (κ3) is 4.35. The minimum Gasteiger partial charge on any atom is -0.461 e. The average molecular weight is 337 g/mol. The summed E-state index contributed by atoms with van der Waals surface area (Å²) in [5.41, 5.74) is 2.69. The number of rotatable bonds is 6.